The Bertz CT molecular complexity index is 1860. The van der Waals surface area contributed by atoms with E-state index < -0.39 is 35.6 Å². The van der Waals surface area contributed by atoms with Crippen LogP contribution in [0.5, 0.6) is 17.2 Å². The van der Waals surface area contributed by atoms with Gasteiger partial charge in [0.15, 0.2) is 5.43 Å². The van der Waals surface area contributed by atoms with E-state index in [0.717, 1.165) is 11.6 Å². The van der Waals surface area contributed by atoms with Crippen molar-refractivity contribution in [3.63, 3.8) is 0 Å². The van der Waals surface area contributed by atoms with Crippen molar-refractivity contribution >= 4 is 22.8 Å². The zero-order chi connectivity index (χ0) is 33.2. The Kier molecular flexibility index (Phi) is 9.36. The number of phenolic OH excluding ortho intramolecular Hbond substituents is 2. The molecule has 1 aliphatic heterocycles. The zero-order valence-electron chi connectivity index (χ0n) is 26.3. The van der Waals surface area contributed by atoms with E-state index in [1.165, 1.54) is 0 Å². The Balaban J connectivity index is 1.75. The number of aromatic hydroxyl groups is 2. The molecule has 5 rings (SSSR count). The number of nitrogens with one attached hydrogen (secondary N) is 1. The number of carbonyl (C=O) groups is 1. The van der Waals surface area contributed by atoms with Gasteiger partial charge in [-0.05, 0) is 82.6 Å². The summed E-state index contributed by atoms with van der Waals surface area (Å²) in [5.41, 5.74) is 7.21. The second-order valence-corrected chi connectivity index (χ2v) is 11.9. The molecule has 242 valence electrons. The summed E-state index contributed by atoms with van der Waals surface area (Å²) in [7, 11) is 1.80. The van der Waals surface area contributed by atoms with Crippen molar-refractivity contribution in [1.29, 1.82) is 0 Å². The molecule has 0 saturated carbocycles. The molecule has 0 amide bonds. The van der Waals surface area contributed by atoms with Crippen molar-refractivity contribution in [3.8, 4) is 17.2 Å². The fourth-order valence-electron chi connectivity index (χ4n) is 5.94. The average Bonchev–Trinajstić information content (AvgIpc) is 3.01. The van der Waals surface area contributed by atoms with E-state index in [2.05, 4.69) is 10.3 Å². The van der Waals surface area contributed by atoms with Gasteiger partial charge in [-0.2, -0.15) is 0 Å². The second-order valence-electron chi connectivity index (χ2n) is 11.9. The van der Waals surface area contributed by atoms with Crippen molar-refractivity contribution in [2.24, 2.45) is 0 Å². The van der Waals surface area contributed by atoms with Crippen LogP contribution in [-0.2, 0) is 29.0 Å². The maximum absolute atomic E-state index is 13.5. The van der Waals surface area contributed by atoms with Gasteiger partial charge < -0.3 is 40.3 Å². The highest BCUT2D eigenvalue weighted by atomic mass is 16.6. The summed E-state index contributed by atoms with van der Waals surface area (Å²) in [5.74, 6) is -0.825. The number of nitrogens with two attached hydrogens (primary N) is 1. The van der Waals surface area contributed by atoms with Crippen LogP contribution in [0.15, 0.2) is 69.5 Å². The van der Waals surface area contributed by atoms with Crippen molar-refractivity contribution < 1.29 is 34.0 Å². The molecule has 2 unspecified atom stereocenters. The smallest absolute Gasteiger partial charge is 0.334 e. The first-order valence-corrected chi connectivity index (χ1v) is 15.1. The average molecular weight is 630 g/mol. The molecule has 0 spiro atoms. The van der Waals surface area contributed by atoms with Gasteiger partial charge >= 0.3 is 5.97 Å². The number of aliphatic hydroxyl groups excluding tert-OH is 1. The van der Waals surface area contributed by atoms with Crippen molar-refractivity contribution in [2.75, 3.05) is 19.3 Å². The summed E-state index contributed by atoms with van der Waals surface area (Å²) < 4.78 is 18.8. The maximum Gasteiger partial charge on any atom is 0.334 e. The van der Waals surface area contributed by atoms with Crippen molar-refractivity contribution in [3.05, 3.63) is 98.5 Å². The van der Waals surface area contributed by atoms with Gasteiger partial charge in [0.25, 0.3) is 0 Å². The lowest BCUT2D eigenvalue weighted by molar-refractivity contribution is -0.156. The van der Waals surface area contributed by atoms with E-state index in [4.69, 9.17) is 19.6 Å². The molecule has 3 heterocycles. The van der Waals surface area contributed by atoms with Crippen molar-refractivity contribution in [1.82, 2.24) is 10.3 Å². The van der Waals surface area contributed by atoms with Crippen LogP contribution >= 0.6 is 0 Å². The van der Waals surface area contributed by atoms with E-state index in [-0.39, 0.29) is 51.8 Å². The topological polar surface area (TPSA) is 177 Å². The third-order valence-corrected chi connectivity index (χ3v) is 8.38. The molecule has 2 atom stereocenters. The molecular weight excluding hydrogens is 590 g/mol. The predicted molar refractivity (Wildman–Crippen MR) is 173 cm³/mol. The number of nitrogens with zero attached hydrogens (tertiary/aromatic N) is 1. The van der Waals surface area contributed by atoms with Crippen LogP contribution in [0.3, 0.4) is 0 Å². The van der Waals surface area contributed by atoms with Crippen LogP contribution < -0.4 is 21.2 Å². The fraction of sp³-hybridized carbons (Fsp3) is 0.343. The lowest BCUT2D eigenvalue weighted by Crippen LogP contribution is -2.49. The number of ether oxygens (including phenoxy) is 2. The molecule has 1 aliphatic rings. The van der Waals surface area contributed by atoms with Gasteiger partial charge in [-0.25, -0.2) is 9.78 Å². The number of allylic oxidation sites excluding steroid dienone is 1. The standard InChI is InChI=1S/C35H39N3O8/c1-5-20(9-11-37-4)34(43)45-27-17-25-31(42)30-26(41)16-23(18-39)44-33(30)29(32(25)46-35(27,2)3)24(21-10-12-38-28(36)15-21)14-19-7-6-8-22(40)13-19/h5-8,10,12-13,15-16,24,27,37,39-40,42H,9,11,14,17-18H2,1-4H3,(H2,36,38). The van der Waals surface area contributed by atoms with Crippen LogP contribution in [0, 0.1) is 0 Å². The number of pyridine rings is 1. The van der Waals surface area contributed by atoms with Gasteiger partial charge in [0.1, 0.15) is 58.1 Å². The van der Waals surface area contributed by atoms with Crippen LogP contribution in [0.2, 0.25) is 0 Å². The molecule has 0 fully saturated rings. The highest BCUT2D eigenvalue weighted by Crippen LogP contribution is 2.50. The van der Waals surface area contributed by atoms with E-state index in [0.29, 0.717) is 36.1 Å². The van der Waals surface area contributed by atoms with Crippen molar-refractivity contribution in [2.45, 2.75) is 64.3 Å². The number of benzene rings is 2. The summed E-state index contributed by atoms with van der Waals surface area (Å²) in [4.78, 5) is 30.9. The number of aliphatic hydroxyl groups is 1. The Morgan fingerprint density at radius 3 is 2.70 bits per heavy atom. The Morgan fingerprint density at radius 1 is 1.24 bits per heavy atom. The highest BCUT2D eigenvalue weighted by molar-refractivity contribution is 5.92. The molecule has 2 aromatic heterocycles. The number of esters is 1. The molecule has 4 aromatic rings. The van der Waals surface area contributed by atoms with E-state index in [1.54, 1.807) is 70.4 Å². The minimum absolute atomic E-state index is 0.00535. The third-order valence-electron chi connectivity index (χ3n) is 8.38. The number of fused-ring (bicyclic) bond motifs is 2. The SMILES string of the molecule is CC=C(CCNC)C(=O)OC1Cc2c(c(C(Cc3cccc(O)c3)c3ccnc(N)c3)c3oc(CO)cc(=O)c3c2O)OC1(C)C. The fourth-order valence-corrected chi connectivity index (χ4v) is 5.94. The normalized spacial score (nSPS) is 16.5. The summed E-state index contributed by atoms with van der Waals surface area (Å²) >= 11 is 0. The lowest BCUT2D eigenvalue weighted by Gasteiger charge is -2.41. The molecule has 11 heteroatoms. The summed E-state index contributed by atoms with van der Waals surface area (Å²) in [6, 6.07) is 11.4. The summed E-state index contributed by atoms with van der Waals surface area (Å²) in [6.45, 7) is 5.39. The first-order chi connectivity index (χ1) is 22.0. The van der Waals surface area contributed by atoms with Gasteiger partial charge in [-0.15, -0.1) is 0 Å². The molecule has 0 radical (unpaired) electrons. The quantitative estimate of drug-likeness (QED) is 0.125. The van der Waals surface area contributed by atoms with Gasteiger partial charge in [0, 0.05) is 41.3 Å². The number of carbonyl (C=O) groups excluding carboxylic acids is 1. The van der Waals surface area contributed by atoms with Crippen LogP contribution in [-0.4, -0.2) is 51.6 Å². The Labute approximate surface area is 266 Å². The molecule has 46 heavy (non-hydrogen) atoms. The molecule has 2 aromatic carbocycles. The van der Waals surface area contributed by atoms with Crippen LogP contribution in [0.1, 0.15) is 61.1 Å². The third kappa shape index (κ3) is 6.42. The first kappa shape index (κ1) is 32.5. The number of anilines is 1. The minimum Gasteiger partial charge on any atom is -0.508 e. The van der Waals surface area contributed by atoms with Gasteiger partial charge in [-0.1, -0.05) is 18.2 Å². The maximum atomic E-state index is 13.5. The number of rotatable bonds is 10. The number of aromatic nitrogens is 1. The van der Waals surface area contributed by atoms with Crippen LogP contribution in [0.25, 0.3) is 11.0 Å². The Morgan fingerprint density at radius 2 is 2.02 bits per heavy atom. The second kappa shape index (κ2) is 13.2. The summed E-state index contributed by atoms with van der Waals surface area (Å²) in [6.07, 6.45) is 3.27. The molecular formula is C35H39N3O8. The number of nitrogen functional groups attached to an aromatic ring is 1. The number of hydrogen-bond donors (Lipinski definition) is 5. The van der Waals surface area contributed by atoms with Crippen LogP contribution in [0.4, 0.5) is 5.82 Å². The largest absolute Gasteiger partial charge is 0.508 e. The molecule has 11 nitrogen and oxygen atoms in total. The van der Waals surface area contributed by atoms with E-state index >= 15 is 0 Å². The zero-order valence-corrected chi connectivity index (χ0v) is 26.3. The lowest BCUT2D eigenvalue weighted by atomic mass is 9.80. The van der Waals surface area contributed by atoms with Gasteiger partial charge in [0.2, 0.25) is 0 Å². The molecule has 6 N–H and O–H groups in total. The number of hydrogen-bond acceptors (Lipinski definition) is 11. The van der Waals surface area contributed by atoms with E-state index in [1.807, 2.05) is 6.07 Å². The van der Waals surface area contributed by atoms with E-state index in [9.17, 15) is 24.9 Å². The molecule has 0 aliphatic carbocycles. The van der Waals surface area contributed by atoms with Gasteiger partial charge in [0.05, 0.1) is 0 Å². The predicted octanol–water partition coefficient (Wildman–Crippen LogP) is 4.23. The van der Waals surface area contributed by atoms with Gasteiger partial charge in [-0.3, -0.25) is 4.79 Å². The molecule has 0 bridgehead atoms. The summed E-state index contributed by atoms with van der Waals surface area (Å²) in [5, 5.41) is 34.8. The highest BCUT2D eigenvalue weighted by Gasteiger charge is 2.44. The minimum atomic E-state index is -1.08. The number of phenols is 2. The molecule has 0 saturated heterocycles. The monoisotopic (exact) mass is 629 g/mol. The first-order valence-electron chi connectivity index (χ1n) is 15.1. The Hall–Kier alpha value is -4.87.